The molecule has 0 saturated heterocycles. The van der Waals surface area contributed by atoms with Gasteiger partial charge < -0.3 is 24.7 Å². The topological polar surface area (TPSA) is 62.9 Å². The molecule has 1 aliphatic heterocycles. The first-order valence-corrected chi connectivity index (χ1v) is 7.09. The lowest BCUT2D eigenvalue weighted by Crippen LogP contribution is -2.18. The Morgan fingerprint density at radius 3 is 2.65 bits per heavy atom. The van der Waals surface area contributed by atoms with Crippen molar-refractivity contribution in [2.24, 2.45) is 5.73 Å². The minimum atomic E-state index is 0.0639. The van der Waals surface area contributed by atoms with Gasteiger partial charge in [-0.05, 0) is 31.4 Å². The van der Waals surface area contributed by atoms with Gasteiger partial charge in [0.05, 0.1) is 6.61 Å². The van der Waals surface area contributed by atoms with Crippen LogP contribution < -0.4 is 19.9 Å². The van der Waals surface area contributed by atoms with E-state index >= 15 is 0 Å². The van der Waals surface area contributed by atoms with Crippen molar-refractivity contribution in [1.29, 1.82) is 0 Å². The van der Waals surface area contributed by atoms with Gasteiger partial charge in [0.2, 0.25) is 6.79 Å². The quantitative estimate of drug-likeness (QED) is 0.739. The van der Waals surface area contributed by atoms with E-state index < -0.39 is 0 Å². The summed E-state index contributed by atoms with van der Waals surface area (Å²) in [6, 6.07) is 3.89. The summed E-state index contributed by atoms with van der Waals surface area (Å²) in [4.78, 5) is 0. The maximum absolute atomic E-state index is 5.88. The van der Waals surface area contributed by atoms with Crippen molar-refractivity contribution in [3.8, 4) is 17.2 Å². The van der Waals surface area contributed by atoms with E-state index in [0.29, 0.717) is 13.2 Å². The first-order chi connectivity index (χ1) is 9.70. The summed E-state index contributed by atoms with van der Waals surface area (Å²) in [5, 5.41) is 0. The summed E-state index contributed by atoms with van der Waals surface area (Å²) in [6.07, 6.45) is 1.75. The van der Waals surface area contributed by atoms with Gasteiger partial charge in [0.1, 0.15) is 12.4 Å². The molecule has 2 N–H and O–H groups in total. The fourth-order valence-corrected chi connectivity index (χ4v) is 2.06. The van der Waals surface area contributed by atoms with Gasteiger partial charge in [0.15, 0.2) is 11.5 Å². The first-order valence-electron chi connectivity index (χ1n) is 7.09. The number of ether oxygens (including phenoxy) is 4. The number of benzene rings is 1. The number of hydrogen-bond acceptors (Lipinski definition) is 5. The van der Waals surface area contributed by atoms with Gasteiger partial charge in [0, 0.05) is 18.7 Å². The molecule has 0 amide bonds. The Hall–Kier alpha value is -1.46. The Kier molecular flexibility index (Phi) is 5.49. The van der Waals surface area contributed by atoms with Gasteiger partial charge >= 0.3 is 0 Å². The van der Waals surface area contributed by atoms with Gasteiger partial charge in [-0.3, -0.25) is 0 Å². The van der Waals surface area contributed by atoms with Crippen molar-refractivity contribution >= 4 is 0 Å². The molecule has 0 fully saturated rings. The zero-order chi connectivity index (χ0) is 14.4. The van der Waals surface area contributed by atoms with Crippen LogP contribution in [0.1, 0.15) is 25.8 Å². The average molecular weight is 281 g/mol. The van der Waals surface area contributed by atoms with Gasteiger partial charge in [-0.25, -0.2) is 0 Å². The van der Waals surface area contributed by atoms with Crippen LogP contribution in [0.5, 0.6) is 17.2 Å². The largest absolute Gasteiger partial charge is 0.491 e. The summed E-state index contributed by atoms with van der Waals surface area (Å²) in [7, 11) is 0. The highest BCUT2D eigenvalue weighted by atomic mass is 16.7. The normalized spacial score (nSPS) is 14.3. The Morgan fingerprint density at radius 2 is 1.95 bits per heavy atom. The molecule has 1 atom stereocenters. The predicted octanol–water partition coefficient (Wildman–Crippen LogP) is 2.11. The van der Waals surface area contributed by atoms with Crippen LogP contribution >= 0.6 is 0 Å². The van der Waals surface area contributed by atoms with Crippen LogP contribution in [0.4, 0.5) is 0 Å². The lowest BCUT2D eigenvalue weighted by Gasteiger charge is -2.14. The van der Waals surface area contributed by atoms with E-state index in [1.54, 1.807) is 0 Å². The Morgan fingerprint density at radius 1 is 1.20 bits per heavy atom. The molecule has 1 heterocycles. The third kappa shape index (κ3) is 4.02. The maximum atomic E-state index is 5.88. The van der Waals surface area contributed by atoms with Gasteiger partial charge in [0.25, 0.3) is 0 Å². The summed E-state index contributed by atoms with van der Waals surface area (Å²) in [5.41, 5.74) is 6.92. The third-order valence-electron chi connectivity index (χ3n) is 2.93. The zero-order valence-electron chi connectivity index (χ0n) is 12.2. The van der Waals surface area contributed by atoms with Crippen molar-refractivity contribution in [1.82, 2.24) is 0 Å². The molecule has 0 saturated carbocycles. The maximum Gasteiger partial charge on any atom is 0.231 e. The molecule has 0 spiro atoms. The van der Waals surface area contributed by atoms with E-state index in [1.165, 1.54) is 0 Å². The minimum absolute atomic E-state index is 0.0639. The lowest BCUT2D eigenvalue weighted by atomic mass is 10.1. The number of rotatable bonds is 8. The van der Waals surface area contributed by atoms with E-state index in [0.717, 1.165) is 42.3 Å². The molecule has 1 aliphatic rings. The molecule has 5 nitrogen and oxygen atoms in total. The van der Waals surface area contributed by atoms with Crippen molar-refractivity contribution in [3.63, 3.8) is 0 Å². The Balaban J connectivity index is 2.01. The van der Waals surface area contributed by atoms with Crippen LogP contribution in [0.25, 0.3) is 0 Å². The summed E-state index contributed by atoms with van der Waals surface area (Å²) < 4.78 is 22.0. The molecule has 1 aromatic rings. The molecule has 5 heteroatoms. The van der Waals surface area contributed by atoms with E-state index in [-0.39, 0.29) is 12.8 Å². The minimum Gasteiger partial charge on any atom is -0.491 e. The smallest absolute Gasteiger partial charge is 0.231 e. The van der Waals surface area contributed by atoms with E-state index in [9.17, 15) is 0 Å². The van der Waals surface area contributed by atoms with Crippen LogP contribution in [0.15, 0.2) is 12.1 Å². The fourth-order valence-electron chi connectivity index (χ4n) is 2.06. The SMILES string of the molecule is CCCOCCOc1cc2c(cc1CC(C)N)OCO2. The molecular weight excluding hydrogens is 258 g/mol. The van der Waals surface area contributed by atoms with Crippen LogP contribution in [0.3, 0.4) is 0 Å². The summed E-state index contributed by atoms with van der Waals surface area (Å²) >= 11 is 0. The monoisotopic (exact) mass is 281 g/mol. The van der Waals surface area contributed by atoms with Crippen molar-refractivity contribution in [2.45, 2.75) is 32.7 Å². The highest BCUT2D eigenvalue weighted by Gasteiger charge is 2.18. The number of hydrogen-bond donors (Lipinski definition) is 1. The van der Waals surface area contributed by atoms with Crippen LogP contribution in [-0.4, -0.2) is 32.7 Å². The average Bonchev–Trinajstić information content (AvgIpc) is 2.85. The van der Waals surface area contributed by atoms with Crippen LogP contribution in [0, 0.1) is 0 Å². The fraction of sp³-hybridized carbons (Fsp3) is 0.600. The molecule has 2 rings (SSSR count). The second kappa shape index (κ2) is 7.36. The van der Waals surface area contributed by atoms with Crippen molar-refractivity contribution in [2.75, 3.05) is 26.6 Å². The van der Waals surface area contributed by atoms with E-state index in [1.807, 2.05) is 19.1 Å². The summed E-state index contributed by atoms with van der Waals surface area (Å²) in [6.45, 7) is 6.18. The van der Waals surface area contributed by atoms with Gasteiger partial charge in [-0.15, -0.1) is 0 Å². The van der Waals surface area contributed by atoms with E-state index in [4.69, 9.17) is 24.7 Å². The third-order valence-corrected chi connectivity index (χ3v) is 2.93. The number of nitrogens with two attached hydrogens (primary N) is 1. The van der Waals surface area contributed by atoms with Crippen LogP contribution in [-0.2, 0) is 11.2 Å². The highest BCUT2D eigenvalue weighted by Crippen LogP contribution is 2.38. The molecule has 0 bridgehead atoms. The Labute approximate surface area is 120 Å². The number of fused-ring (bicyclic) bond motifs is 1. The Bertz CT molecular complexity index is 434. The standard InChI is InChI=1S/C15H23NO4/c1-3-4-17-5-6-18-13-9-15-14(19-10-20-15)8-12(13)7-11(2)16/h8-9,11H,3-7,10,16H2,1-2H3. The molecule has 0 aliphatic carbocycles. The van der Waals surface area contributed by atoms with Crippen molar-refractivity contribution in [3.05, 3.63) is 17.7 Å². The molecular formula is C15H23NO4. The molecule has 1 aromatic carbocycles. The molecule has 0 aromatic heterocycles. The van der Waals surface area contributed by atoms with Crippen molar-refractivity contribution < 1.29 is 18.9 Å². The highest BCUT2D eigenvalue weighted by molar-refractivity contribution is 5.52. The molecule has 20 heavy (non-hydrogen) atoms. The predicted molar refractivity (Wildman–Crippen MR) is 76.5 cm³/mol. The van der Waals surface area contributed by atoms with Gasteiger partial charge in [-0.1, -0.05) is 6.92 Å². The first kappa shape index (κ1) is 14.9. The van der Waals surface area contributed by atoms with Crippen LogP contribution in [0.2, 0.25) is 0 Å². The molecule has 0 radical (unpaired) electrons. The van der Waals surface area contributed by atoms with E-state index in [2.05, 4.69) is 6.92 Å². The van der Waals surface area contributed by atoms with Gasteiger partial charge in [-0.2, -0.15) is 0 Å². The second-order valence-corrected chi connectivity index (χ2v) is 4.96. The lowest BCUT2D eigenvalue weighted by molar-refractivity contribution is 0.100. The second-order valence-electron chi connectivity index (χ2n) is 4.96. The summed E-state index contributed by atoms with van der Waals surface area (Å²) in [5.74, 6) is 2.28. The molecule has 1 unspecified atom stereocenters. The molecule has 112 valence electrons. The zero-order valence-corrected chi connectivity index (χ0v) is 12.2.